The summed E-state index contributed by atoms with van der Waals surface area (Å²) in [6, 6.07) is 6.61. The van der Waals surface area contributed by atoms with Crippen LogP contribution in [0, 0.1) is 5.92 Å². The number of carbonyl (C=O) groups excluding carboxylic acids is 2. The normalized spacial score (nSPS) is 22.9. The number of thiazole rings is 1. The van der Waals surface area contributed by atoms with Crippen molar-refractivity contribution in [3.05, 3.63) is 50.6 Å². The number of rotatable bonds is 5. The van der Waals surface area contributed by atoms with Gasteiger partial charge in [-0.05, 0) is 50.1 Å². The number of aliphatic hydroxyl groups excluding tert-OH is 1. The molecule has 2 aromatic heterocycles. The molecule has 0 bridgehead atoms. The molecule has 1 aromatic carbocycles. The van der Waals surface area contributed by atoms with Crippen molar-refractivity contribution in [3.8, 4) is 0 Å². The van der Waals surface area contributed by atoms with Crippen molar-refractivity contribution in [1.82, 2.24) is 25.5 Å². The van der Waals surface area contributed by atoms with Crippen LogP contribution in [0.15, 0.2) is 24.3 Å². The highest BCUT2D eigenvalue weighted by atomic mass is 35.5. The summed E-state index contributed by atoms with van der Waals surface area (Å²) in [6.07, 6.45) is 2.04. The fourth-order valence-electron chi connectivity index (χ4n) is 4.73. The van der Waals surface area contributed by atoms with Crippen LogP contribution in [0.4, 0.5) is 0 Å². The highest BCUT2D eigenvalue weighted by Crippen LogP contribution is 2.28. The average molecular weight is 488 g/mol. The standard InChI is InChI=1S/C23H26ClN5O3S/c1-29-5-4-16-20(10-29)33-23(28-16)22(32)27-18-7-12(11-30)6-17(18)26-21(31)19-9-13-8-14(24)2-3-15(13)25-19/h2-3,8-9,12,17-18,25,30H,4-7,10-11H2,1H3,(H,26,31)(H,27,32). The Morgan fingerprint density at radius 2 is 2.00 bits per heavy atom. The van der Waals surface area contributed by atoms with Gasteiger partial charge in [-0.25, -0.2) is 4.98 Å². The monoisotopic (exact) mass is 487 g/mol. The molecule has 5 rings (SSSR count). The minimum atomic E-state index is -0.283. The molecule has 3 atom stereocenters. The second-order valence-corrected chi connectivity index (χ2v) is 10.5. The Labute approximate surface area is 200 Å². The molecule has 1 saturated carbocycles. The molecule has 0 saturated heterocycles. The zero-order valence-corrected chi connectivity index (χ0v) is 19.8. The van der Waals surface area contributed by atoms with Crippen LogP contribution < -0.4 is 10.6 Å². The van der Waals surface area contributed by atoms with Crippen LogP contribution in [0.2, 0.25) is 5.02 Å². The predicted molar refractivity (Wildman–Crippen MR) is 128 cm³/mol. The molecule has 4 N–H and O–H groups in total. The van der Waals surface area contributed by atoms with Crippen LogP contribution in [0.1, 0.15) is 43.7 Å². The van der Waals surface area contributed by atoms with Gasteiger partial charge in [0.05, 0.1) is 5.69 Å². The zero-order chi connectivity index (χ0) is 23.1. The quantitative estimate of drug-likeness (QED) is 0.442. The number of nitrogens with one attached hydrogen (secondary N) is 3. The van der Waals surface area contributed by atoms with Crippen molar-refractivity contribution < 1.29 is 14.7 Å². The van der Waals surface area contributed by atoms with Crippen molar-refractivity contribution in [1.29, 1.82) is 0 Å². The number of nitrogens with zero attached hydrogens (tertiary/aromatic N) is 2. The van der Waals surface area contributed by atoms with E-state index in [1.54, 1.807) is 18.2 Å². The van der Waals surface area contributed by atoms with Gasteiger partial charge in [0.1, 0.15) is 5.69 Å². The third kappa shape index (κ3) is 4.63. The Balaban J connectivity index is 1.29. The summed E-state index contributed by atoms with van der Waals surface area (Å²) in [5.41, 5.74) is 2.26. The molecule has 10 heteroatoms. The maximum Gasteiger partial charge on any atom is 0.280 e. The number of H-pyrrole nitrogens is 1. The number of halogens is 1. The Bertz CT molecular complexity index is 1210. The van der Waals surface area contributed by atoms with Crippen LogP contribution in [0.25, 0.3) is 10.9 Å². The van der Waals surface area contributed by atoms with Crippen LogP contribution in [-0.2, 0) is 13.0 Å². The van der Waals surface area contributed by atoms with Crippen LogP contribution in [-0.4, -0.2) is 64.1 Å². The third-order valence-electron chi connectivity index (χ3n) is 6.50. The molecule has 3 unspecified atom stereocenters. The zero-order valence-electron chi connectivity index (χ0n) is 18.2. The number of aromatic amines is 1. The summed E-state index contributed by atoms with van der Waals surface area (Å²) >= 11 is 7.49. The van der Waals surface area contributed by atoms with E-state index in [1.165, 1.54) is 11.3 Å². The van der Waals surface area contributed by atoms with E-state index < -0.39 is 0 Å². The molecule has 1 aliphatic heterocycles. The lowest BCUT2D eigenvalue weighted by atomic mass is 10.1. The Morgan fingerprint density at radius 1 is 1.24 bits per heavy atom. The molecular formula is C23H26ClN5O3S. The second kappa shape index (κ2) is 9.06. The van der Waals surface area contributed by atoms with Gasteiger partial charge in [0.2, 0.25) is 0 Å². The molecule has 8 nitrogen and oxygen atoms in total. The van der Waals surface area contributed by atoms with Crippen molar-refractivity contribution in [2.45, 2.75) is 37.9 Å². The van der Waals surface area contributed by atoms with E-state index in [0.29, 0.717) is 28.6 Å². The molecule has 33 heavy (non-hydrogen) atoms. The van der Waals surface area contributed by atoms with Gasteiger partial charge in [-0.3, -0.25) is 9.59 Å². The molecular weight excluding hydrogens is 462 g/mol. The minimum Gasteiger partial charge on any atom is -0.396 e. The summed E-state index contributed by atoms with van der Waals surface area (Å²) in [5, 5.41) is 17.7. The number of aliphatic hydroxyl groups is 1. The number of hydrogen-bond acceptors (Lipinski definition) is 6. The molecule has 3 aromatic rings. The maximum absolute atomic E-state index is 13.0. The van der Waals surface area contributed by atoms with Crippen molar-refractivity contribution in [3.63, 3.8) is 0 Å². The molecule has 2 aliphatic rings. The number of hydrogen-bond donors (Lipinski definition) is 4. The molecule has 0 spiro atoms. The number of carbonyl (C=O) groups is 2. The van der Waals surface area contributed by atoms with E-state index in [4.69, 9.17) is 11.6 Å². The molecule has 1 fully saturated rings. The van der Waals surface area contributed by atoms with Gasteiger partial charge in [-0.15, -0.1) is 11.3 Å². The highest BCUT2D eigenvalue weighted by molar-refractivity contribution is 7.13. The summed E-state index contributed by atoms with van der Waals surface area (Å²) < 4.78 is 0. The number of benzene rings is 1. The molecule has 2 amide bonds. The second-order valence-electron chi connectivity index (χ2n) is 8.97. The Morgan fingerprint density at radius 3 is 2.76 bits per heavy atom. The third-order valence-corrected chi connectivity index (χ3v) is 7.81. The first-order valence-electron chi connectivity index (χ1n) is 11.1. The first-order chi connectivity index (χ1) is 15.9. The lowest BCUT2D eigenvalue weighted by Gasteiger charge is -2.21. The lowest BCUT2D eigenvalue weighted by Crippen LogP contribution is -2.48. The molecule has 0 radical (unpaired) electrons. The van der Waals surface area contributed by atoms with Gasteiger partial charge in [0, 0.05) is 59.0 Å². The molecule has 174 valence electrons. The SMILES string of the molecule is CN1CCc2nc(C(=O)NC3CC(CO)CC3NC(=O)c3cc4cc(Cl)ccc4[nH]3)sc2C1. The van der Waals surface area contributed by atoms with Crippen molar-refractivity contribution >= 4 is 45.7 Å². The van der Waals surface area contributed by atoms with E-state index in [2.05, 4.69) is 32.5 Å². The summed E-state index contributed by atoms with van der Waals surface area (Å²) in [4.78, 5) is 37.0. The van der Waals surface area contributed by atoms with Crippen LogP contribution >= 0.6 is 22.9 Å². The van der Waals surface area contributed by atoms with Crippen LogP contribution in [0.3, 0.4) is 0 Å². The first kappa shape index (κ1) is 22.3. The van der Waals surface area contributed by atoms with E-state index in [9.17, 15) is 14.7 Å². The predicted octanol–water partition coefficient (Wildman–Crippen LogP) is 2.57. The number of aromatic nitrogens is 2. The average Bonchev–Trinajstić information content (AvgIpc) is 3.49. The van der Waals surface area contributed by atoms with Gasteiger partial charge in [-0.2, -0.15) is 0 Å². The number of likely N-dealkylation sites (N-methyl/N-ethyl adjacent to an activating group) is 1. The summed E-state index contributed by atoms with van der Waals surface area (Å²) in [7, 11) is 2.06. The first-order valence-corrected chi connectivity index (χ1v) is 12.3. The Kier molecular flexibility index (Phi) is 6.13. The largest absolute Gasteiger partial charge is 0.396 e. The summed E-state index contributed by atoms with van der Waals surface area (Å²) in [6.45, 7) is 1.76. The fraction of sp³-hybridized carbons (Fsp3) is 0.435. The Hall–Kier alpha value is -2.46. The minimum absolute atomic E-state index is 0.0141. The smallest absolute Gasteiger partial charge is 0.280 e. The van der Waals surface area contributed by atoms with E-state index in [1.807, 2.05) is 6.07 Å². The van der Waals surface area contributed by atoms with Gasteiger partial charge >= 0.3 is 0 Å². The van der Waals surface area contributed by atoms with Gasteiger partial charge < -0.3 is 25.6 Å². The fourth-order valence-corrected chi connectivity index (χ4v) is 6.01. The number of amides is 2. The lowest BCUT2D eigenvalue weighted by molar-refractivity contribution is 0.0889. The van der Waals surface area contributed by atoms with Crippen molar-refractivity contribution in [2.75, 3.05) is 20.2 Å². The highest BCUT2D eigenvalue weighted by Gasteiger charge is 2.37. The van der Waals surface area contributed by atoms with Gasteiger partial charge in [0.25, 0.3) is 11.8 Å². The van der Waals surface area contributed by atoms with Crippen molar-refractivity contribution in [2.24, 2.45) is 5.92 Å². The van der Waals surface area contributed by atoms with Gasteiger partial charge in [0.15, 0.2) is 5.01 Å². The van der Waals surface area contributed by atoms with E-state index in [0.717, 1.165) is 41.0 Å². The van der Waals surface area contributed by atoms with Gasteiger partial charge in [-0.1, -0.05) is 11.6 Å². The molecule has 3 heterocycles. The molecule has 1 aliphatic carbocycles. The van der Waals surface area contributed by atoms with E-state index in [-0.39, 0.29) is 36.4 Å². The van der Waals surface area contributed by atoms with E-state index >= 15 is 0 Å². The maximum atomic E-state index is 13.0. The summed E-state index contributed by atoms with van der Waals surface area (Å²) in [5.74, 6) is -0.460. The van der Waals surface area contributed by atoms with Crippen LogP contribution in [0.5, 0.6) is 0 Å². The number of fused-ring (bicyclic) bond motifs is 2. The topological polar surface area (TPSA) is 110 Å².